The highest BCUT2D eigenvalue weighted by Crippen LogP contribution is 2.17. The molecule has 13 heavy (non-hydrogen) atoms. The molecule has 1 heterocycles. The predicted molar refractivity (Wildman–Crippen MR) is 50.2 cm³/mol. The molecule has 0 aromatic heterocycles. The second-order valence-electron chi connectivity index (χ2n) is 2.88. The third-order valence-corrected chi connectivity index (χ3v) is 1.88. The molecule has 1 amide bonds. The van der Waals surface area contributed by atoms with Gasteiger partial charge in [0, 0.05) is 7.05 Å². The Morgan fingerprint density at radius 3 is 2.62 bits per heavy atom. The van der Waals surface area contributed by atoms with Crippen molar-refractivity contribution >= 4 is 11.6 Å². The lowest BCUT2D eigenvalue weighted by atomic mass is 10.1. The lowest BCUT2D eigenvalue weighted by Crippen LogP contribution is -2.18. The van der Waals surface area contributed by atoms with E-state index in [-0.39, 0.29) is 5.91 Å². The molecule has 0 spiro atoms. The highest BCUT2D eigenvalue weighted by atomic mass is 16.5. The van der Waals surface area contributed by atoms with Crippen molar-refractivity contribution in [3.05, 3.63) is 11.3 Å². The van der Waals surface area contributed by atoms with Gasteiger partial charge in [-0.3, -0.25) is 4.79 Å². The minimum Gasteiger partial charge on any atom is -0.498 e. The second-order valence-corrected chi connectivity index (χ2v) is 2.88. The summed E-state index contributed by atoms with van der Waals surface area (Å²) in [6.45, 7) is 6.05. The summed E-state index contributed by atoms with van der Waals surface area (Å²) in [6, 6.07) is 0. The van der Waals surface area contributed by atoms with E-state index in [2.05, 4.69) is 5.10 Å². The summed E-state index contributed by atoms with van der Waals surface area (Å²) in [5.74, 6) is 0.557. The van der Waals surface area contributed by atoms with Crippen LogP contribution in [-0.4, -0.2) is 30.3 Å². The first kappa shape index (κ1) is 9.77. The monoisotopic (exact) mass is 182 g/mol. The van der Waals surface area contributed by atoms with Crippen molar-refractivity contribution in [1.82, 2.24) is 5.01 Å². The maximum Gasteiger partial charge on any atom is 0.279 e. The molecule has 4 heteroatoms. The molecular weight excluding hydrogens is 168 g/mol. The molecule has 4 nitrogen and oxygen atoms in total. The number of allylic oxidation sites excluding steroid dienone is 1. The van der Waals surface area contributed by atoms with Crippen molar-refractivity contribution in [2.45, 2.75) is 20.8 Å². The number of likely N-dealkylation sites (N-methyl/N-ethyl adjacent to an activating group) is 1. The first-order chi connectivity index (χ1) is 6.07. The lowest BCUT2D eigenvalue weighted by molar-refractivity contribution is -0.124. The Morgan fingerprint density at radius 2 is 2.23 bits per heavy atom. The third-order valence-electron chi connectivity index (χ3n) is 1.88. The summed E-state index contributed by atoms with van der Waals surface area (Å²) in [5, 5.41) is 5.34. The maximum atomic E-state index is 11.5. The normalized spacial score (nSPS) is 20.5. The van der Waals surface area contributed by atoms with Gasteiger partial charge in [-0.2, -0.15) is 5.10 Å². The molecule has 0 N–H and O–H groups in total. The molecule has 0 unspecified atom stereocenters. The minimum absolute atomic E-state index is 0.0940. The molecule has 1 rings (SSSR count). The van der Waals surface area contributed by atoms with E-state index >= 15 is 0 Å². The number of nitrogens with zero attached hydrogens (tertiary/aromatic N) is 2. The summed E-state index contributed by atoms with van der Waals surface area (Å²) in [5.41, 5.74) is 1.31. The van der Waals surface area contributed by atoms with Crippen molar-refractivity contribution in [1.29, 1.82) is 0 Å². The SMILES string of the molecule is CCOC(C)=C1C(=O)N(C)N=C1C. The average Bonchev–Trinajstić information content (AvgIpc) is 2.27. The number of amides is 1. The third kappa shape index (κ3) is 1.71. The van der Waals surface area contributed by atoms with Crippen LogP contribution < -0.4 is 0 Å². The molecule has 0 radical (unpaired) electrons. The Labute approximate surface area is 77.9 Å². The Balaban J connectivity index is 2.99. The highest BCUT2D eigenvalue weighted by molar-refractivity contribution is 6.24. The molecule has 0 aromatic rings. The van der Waals surface area contributed by atoms with E-state index in [9.17, 15) is 4.79 Å². The van der Waals surface area contributed by atoms with Gasteiger partial charge in [-0.25, -0.2) is 5.01 Å². The standard InChI is InChI=1S/C9H14N2O2/c1-5-13-7(3)8-6(2)10-11(4)9(8)12/h5H2,1-4H3. The fraction of sp³-hybridized carbons (Fsp3) is 0.556. The van der Waals surface area contributed by atoms with E-state index in [1.165, 1.54) is 5.01 Å². The van der Waals surface area contributed by atoms with Crippen LogP contribution in [0.5, 0.6) is 0 Å². The van der Waals surface area contributed by atoms with Crippen LogP contribution in [0.2, 0.25) is 0 Å². The maximum absolute atomic E-state index is 11.5. The topological polar surface area (TPSA) is 41.9 Å². The number of carbonyl (C=O) groups excluding carboxylic acids is 1. The molecule has 0 fully saturated rings. The Hall–Kier alpha value is -1.32. The van der Waals surface area contributed by atoms with Gasteiger partial charge in [-0.15, -0.1) is 0 Å². The fourth-order valence-electron chi connectivity index (χ4n) is 1.33. The molecule has 0 bridgehead atoms. The van der Waals surface area contributed by atoms with Crippen LogP contribution >= 0.6 is 0 Å². The summed E-state index contributed by atoms with van der Waals surface area (Å²) in [4.78, 5) is 11.5. The zero-order chi connectivity index (χ0) is 10.0. The zero-order valence-corrected chi connectivity index (χ0v) is 8.42. The van der Waals surface area contributed by atoms with Gasteiger partial charge in [0.2, 0.25) is 0 Å². The largest absolute Gasteiger partial charge is 0.498 e. The summed E-state index contributed by atoms with van der Waals surface area (Å²) < 4.78 is 5.27. The van der Waals surface area contributed by atoms with Gasteiger partial charge in [0.05, 0.1) is 12.3 Å². The van der Waals surface area contributed by atoms with Crippen LogP contribution in [0, 0.1) is 0 Å². The molecular formula is C9H14N2O2. The molecule has 0 atom stereocenters. The Bertz CT molecular complexity index is 292. The van der Waals surface area contributed by atoms with E-state index in [0.717, 1.165) is 5.71 Å². The average molecular weight is 182 g/mol. The summed E-state index contributed by atoms with van der Waals surface area (Å²) in [6.07, 6.45) is 0. The van der Waals surface area contributed by atoms with Crippen molar-refractivity contribution < 1.29 is 9.53 Å². The number of ether oxygens (including phenoxy) is 1. The van der Waals surface area contributed by atoms with Crippen LogP contribution in [0.25, 0.3) is 0 Å². The zero-order valence-electron chi connectivity index (χ0n) is 8.42. The van der Waals surface area contributed by atoms with Crippen molar-refractivity contribution in [2.24, 2.45) is 5.10 Å². The Kier molecular flexibility index (Phi) is 2.70. The van der Waals surface area contributed by atoms with E-state index in [0.29, 0.717) is 17.9 Å². The molecule has 1 aliphatic heterocycles. The smallest absolute Gasteiger partial charge is 0.279 e. The molecule has 72 valence electrons. The van der Waals surface area contributed by atoms with Crippen LogP contribution in [0.4, 0.5) is 0 Å². The van der Waals surface area contributed by atoms with Crippen LogP contribution in [-0.2, 0) is 9.53 Å². The summed E-state index contributed by atoms with van der Waals surface area (Å²) >= 11 is 0. The van der Waals surface area contributed by atoms with Crippen molar-refractivity contribution in [2.75, 3.05) is 13.7 Å². The fourth-order valence-corrected chi connectivity index (χ4v) is 1.33. The van der Waals surface area contributed by atoms with Crippen molar-refractivity contribution in [3.8, 4) is 0 Å². The molecule has 1 aliphatic rings. The van der Waals surface area contributed by atoms with E-state index in [4.69, 9.17) is 4.74 Å². The second kappa shape index (κ2) is 3.60. The van der Waals surface area contributed by atoms with Gasteiger partial charge in [0.25, 0.3) is 5.91 Å². The number of hydrazone groups is 1. The van der Waals surface area contributed by atoms with Crippen LogP contribution in [0.15, 0.2) is 16.4 Å². The molecule has 0 saturated carbocycles. The molecule has 0 aliphatic carbocycles. The van der Waals surface area contributed by atoms with Crippen LogP contribution in [0.1, 0.15) is 20.8 Å². The lowest BCUT2D eigenvalue weighted by Gasteiger charge is -2.06. The summed E-state index contributed by atoms with van der Waals surface area (Å²) in [7, 11) is 1.64. The van der Waals surface area contributed by atoms with Gasteiger partial charge in [-0.1, -0.05) is 0 Å². The number of hydrogen-bond donors (Lipinski definition) is 0. The van der Waals surface area contributed by atoms with Crippen molar-refractivity contribution in [3.63, 3.8) is 0 Å². The van der Waals surface area contributed by atoms with Gasteiger partial charge >= 0.3 is 0 Å². The van der Waals surface area contributed by atoms with Gasteiger partial charge in [-0.05, 0) is 20.8 Å². The first-order valence-electron chi connectivity index (χ1n) is 4.25. The number of carbonyl (C=O) groups is 1. The molecule has 0 aromatic carbocycles. The highest BCUT2D eigenvalue weighted by Gasteiger charge is 2.27. The number of rotatable bonds is 2. The minimum atomic E-state index is -0.0940. The molecule has 0 saturated heterocycles. The predicted octanol–water partition coefficient (Wildman–Crippen LogP) is 1.14. The van der Waals surface area contributed by atoms with E-state index in [1.807, 2.05) is 6.92 Å². The van der Waals surface area contributed by atoms with Gasteiger partial charge in [0.15, 0.2) is 0 Å². The van der Waals surface area contributed by atoms with Crippen LogP contribution in [0.3, 0.4) is 0 Å². The van der Waals surface area contributed by atoms with Gasteiger partial charge in [0.1, 0.15) is 11.3 Å². The van der Waals surface area contributed by atoms with E-state index in [1.54, 1.807) is 20.9 Å². The first-order valence-corrected chi connectivity index (χ1v) is 4.25. The van der Waals surface area contributed by atoms with E-state index < -0.39 is 0 Å². The van der Waals surface area contributed by atoms with Gasteiger partial charge < -0.3 is 4.74 Å². The Morgan fingerprint density at radius 1 is 1.62 bits per heavy atom. The number of hydrogen-bond acceptors (Lipinski definition) is 3. The quantitative estimate of drug-likeness (QED) is 0.474.